The summed E-state index contributed by atoms with van der Waals surface area (Å²) in [6.45, 7) is -0.149. The number of rotatable bonds is 4. The van der Waals surface area contributed by atoms with Crippen LogP contribution in [0.25, 0.3) is 0 Å². The van der Waals surface area contributed by atoms with Gasteiger partial charge in [0.2, 0.25) is 5.91 Å². The van der Waals surface area contributed by atoms with Crippen LogP contribution in [-0.2, 0) is 11.3 Å². The van der Waals surface area contributed by atoms with Crippen LogP contribution in [0.3, 0.4) is 0 Å². The summed E-state index contributed by atoms with van der Waals surface area (Å²) in [5.74, 6) is -2.50. The quantitative estimate of drug-likeness (QED) is 0.867. The number of hydrogen-bond acceptors (Lipinski definition) is 3. The van der Waals surface area contributed by atoms with E-state index < -0.39 is 30.8 Å². The zero-order chi connectivity index (χ0) is 13.9. The summed E-state index contributed by atoms with van der Waals surface area (Å²) in [4.78, 5) is 11.7. The zero-order valence-corrected chi connectivity index (χ0v) is 10.6. The topological polar surface area (TPSA) is 50.4 Å². The van der Waals surface area contributed by atoms with Gasteiger partial charge in [-0.3, -0.25) is 10.1 Å². The van der Waals surface area contributed by atoms with Gasteiger partial charge in [0.05, 0.1) is 19.7 Å². The third kappa shape index (κ3) is 3.64. The summed E-state index contributed by atoms with van der Waals surface area (Å²) in [6, 6.07) is 6.41. The van der Waals surface area contributed by atoms with Crippen LogP contribution in [0.4, 0.5) is 8.78 Å². The maximum Gasteiger partial charge on any atom is 0.262 e. The highest BCUT2D eigenvalue weighted by molar-refractivity contribution is 5.82. The Bertz CT molecular complexity index is 466. The van der Waals surface area contributed by atoms with Gasteiger partial charge in [-0.1, -0.05) is 12.1 Å². The minimum atomic E-state index is -2.79. The summed E-state index contributed by atoms with van der Waals surface area (Å²) in [5.41, 5.74) is 0.859. The lowest BCUT2D eigenvalue weighted by atomic mass is 10.1. The minimum Gasteiger partial charge on any atom is -0.497 e. The van der Waals surface area contributed by atoms with E-state index in [4.69, 9.17) is 4.74 Å². The van der Waals surface area contributed by atoms with Crippen LogP contribution in [0.15, 0.2) is 24.3 Å². The van der Waals surface area contributed by atoms with Crippen LogP contribution in [0, 0.1) is 0 Å². The maximum absolute atomic E-state index is 13.0. The molecule has 4 nitrogen and oxygen atoms in total. The van der Waals surface area contributed by atoms with Gasteiger partial charge in [0.25, 0.3) is 5.92 Å². The van der Waals surface area contributed by atoms with Gasteiger partial charge in [0.1, 0.15) is 5.75 Å². The average molecular weight is 270 g/mol. The fourth-order valence-electron chi connectivity index (χ4n) is 2.00. The van der Waals surface area contributed by atoms with Gasteiger partial charge in [-0.25, -0.2) is 8.78 Å². The Morgan fingerprint density at radius 3 is 3.00 bits per heavy atom. The summed E-state index contributed by atoms with van der Waals surface area (Å²) in [5, 5.41) is 5.16. The maximum atomic E-state index is 13.0. The molecule has 0 aliphatic carbocycles. The van der Waals surface area contributed by atoms with Gasteiger partial charge in [0, 0.05) is 13.0 Å². The van der Waals surface area contributed by atoms with Crippen molar-refractivity contribution in [2.45, 2.75) is 24.9 Å². The Labute approximate surface area is 110 Å². The van der Waals surface area contributed by atoms with Gasteiger partial charge in [-0.05, 0) is 17.7 Å². The first-order chi connectivity index (χ1) is 9.00. The first-order valence-corrected chi connectivity index (χ1v) is 6.02. The van der Waals surface area contributed by atoms with Crippen molar-refractivity contribution in [3.63, 3.8) is 0 Å². The lowest BCUT2D eigenvalue weighted by Gasteiger charge is -2.11. The van der Waals surface area contributed by atoms with E-state index in [1.54, 1.807) is 19.2 Å². The highest BCUT2D eigenvalue weighted by Gasteiger charge is 2.42. The average Bonchev–Trinajstić information content (AvgIpc) is 2.76. The van der Waals surface area contributed by atoms with Gasteiger partial charge in [-0.15, -0.1) is 0 Å². The predicted octanol–water partition coefficient (Wildman–Crippen LogP) is 1.31. The summed E-state index contributed by atoms with van der Waals surface area (Å²) in [6.07, 6.45) is -0.447. The molecular weight excluding hydrogens is 254 g/mol. The molecule has 104 valence electrons. The molecule has 1 saturated heterocycles. The molecule has 1 aliphatic heterocycles. The molecule has 0 bridgehead atoms. The zero-order valence-electron chi connectivity index (χ0n) is 10.6. The number of carbonyl (C=O) groups is 1. The molecule has 1 heterocycles. The van der Waals surface area contributed by atoms with E-state index in [1.807, 2.05) is 12.1 Å². The van der Waals surface area contributed by atoms with Crippen molar-refractivity contribution in [3.8, 4) is 5.75 Å². The number of hydrogen-bond donors (Lipinski definition) is 2. The normalized spacial score (nSPS) is 21.1. The number of methoxy groups -OCH3 is 1. The second-order valence-corrected chi connectivity index (χ2v) is 4.56. The molecule has 6 heteroatoms. The molecule has 1 aromatic carbocycles. The van der Waals surface area contributed by atoms with E-state index in [-0.39, 0.29) is 0 Å². The lowest BCUT2D eigenvalue weighted by molar-refractivity contribution is -0.123. The fourth-order valence-corrected chi connectivity index (χ4v) is 2.00. The molecule has 1 amide bonds. The van der Waals surface area contributed by atoms with Gasteiger partial charge in [0.15, 0.2) is 0 Å². The number of benzene rings is 1. The Hall–Kier alpha value is -1.69. The Morgan fingerprint density at radius 2 is 2.37 bits per heavy atom. The van der Waals surface area contributed by atoms with E-state index in [0.29, 0.717) is 12.3 Å². The van der Waals surface area contributed by atoms with E-state index in [0.717, 1.165) is 5.56 Å². The minimum absolute atomic E-state index is 0.291. The number of amides is 1. The highest BCUT2D eigenvalue weighted by Crippen LogP contribution is 2.25. The molecule has 0 spiro atoms. The van der Waals surface area contributed by atoms with E-state index >= 15 is 0 Å². The first kappa shape index (κ1) is 13.7. The second kappa shape index (κ2) is 5.52. The fraction of sp³-hybridized carbons (Fsp3) is 0.462. The van der Waals surface area contributed by atoms with Gasteiger partial charge < -0.3 is 10.1 Å². The standard InChI is InChI=1S/C13H16F2N2O2/c1-19-10-4-2-3-9(5-10)7-16-12(18)11-6-13(14,15)8-17-11/h2-5,11,17H,6-8H2,1H3,(H,16,18). The van der Waals surface area contributed by atoms with Crippen molar-refractivity contribution >= 4 is 5.91 Å². The molecule has 0 saturated carbocycles. The molecular formula is C13H16F2N2O2. The first-order valence-electron chi connectivity index (χ1n) is 6.02. The van der Waals surface area contributed by atoms with Crippen molar-refractivity contribution in [1.82, 2.24) is 10.6 Å². The van der Waals surface area contributed by atoms with Crippen LogP contribution in [0.5, 0.6) is 5.75 Å². The molecule has 1 fully saturated rings. The Balaban J connectivity index is 1.86. The number of ether oxygens (including phenoxy) is 1. The summed E-state index contributed by atoms with van der Waals surface area (Å²) in [7, 11) is 1.56. The molecule has 19 heavy (non-hydrogen) atoms. The van der Waals surface area contributed by atoms with Crippen LogP contribution in [-0.4, -0.2) is 31.5 Å². The summed E-state index contributed by atoms with van der Waals surface area (Å²) < 4.78 is 31.0. The number of halogens is 2. The van der Waals surface area contributed by atoms with Crippen LogP contribution >= 0.6 is 0 Å². The molecule has 1 aliphatic rings. The van der Waals surface area contributed by atoms with Crippen molar-refractivity contribution in [2.24, 2.45) is 0 Å². The third-order valence-electron chi connectivity index (χ3n) is 3.03. The van der Waals surface area contributed by atoms with Crippen molar-refractivity contribution < 1.29 is 18.3 Å². The van der Waals surface area contributed by atoms with E-state index in [9.17, 15) is 13.6 Å². The number of alkyl halides is 2. The molecule has 0 aromatic heterocycles. The van der Waals surface area contributed by atoms with Crippen molar-refractivity contribution in [2.75, 3.05) is 13.7 Å². The third-order valence-corrected chi connectivity index (χ3v) is 3.03. The van der Waals surface area contributed by atoms with E-state index in [1.165, 1.54) is 0 Å². The Morgan fingerprint density at radius 1 is 1.58 bits per heavy atom. The SMILES string of the molecule is COc1cccc(CNC(=O)C2CC(F)(F)CN2)c1. The predicted molar refractivity (Wildman–Crippen MR) is 66.2 cm³/mol. The van der Waals surface area contributed by atoms with Crippen LogP contribution in [0.2, 0.25) is 0 Å². The van der Waals surface area contributed by atoms with E-state index in [2.05, 4.69) is 10.6 Å². The van der Waals surface area contributed by atoms with Crippen LogP contribution in [0.1, 0.15) is 12.0 Å². The molecule has 0 radical (unpaired) electrons. The van der Waals surface area contributed by atoms with Crippen LogP contribution < -0.4 is 15.4 Å². The van der Waals surface area contributed by atoms with Gasteiger partial charge >= 0.3 is 0 Å². The molecule has 1 aromatic rings. The lowest BCUT2D eigenvalue weighted by Crippen LogP contribution is -2.40. The molecule has 1 unspecified atom stereocenters. The number of carbonyl (C=O) groups excluding carboxylic acids is 1. The van der Waals surface area contributed by atoms with Crippen molar-refractivity contribution in [3.05, 3.63) is 29.8 Å². The van der Waals surface area contributed by atoms with Gasteiger partial charge in [-0.2, -0.15) is 0 Å². The summed E-state index contributed by atoms with van der Waals surface area (Å²) >= 11 is 0. The smallest absolute Gasteiger partial charge is 0.262 e. The Kier molecular flexibility index (Phi) is 3.99. The number of nitrogens with one attached hydrogen (secondary N) is 2. The molecule has 2 N–H and O–H groups in total. The van der Waals surface area contributed by atoms with Crippen molar-refractivity contribution in [1.29, 1.82) is 0 Å². The highest BCUT2D eigenvalue weighted by atomic mass is 19.3. The second-order valence-electron chi connectivity index (χ2n) is 4.56. The molecule has 2 rings (SSSR count). The monoisotopic (exact) mass is 270 g/mol. The molecule has 1 atom stereocenters. The largest absolute Gasteiger partial charge is 0.497 e.